The molecule has 0 aliphatic carbocycles. The number of hydrogen-bond donors (Lipinski definition) is 3. The van der Waals surface area contributed by atoms with Crippen molar-refractivity contribution in [3.8, 4) is 5.75 Å². The molecule has 20 heavy (non-hydrogen) atoms. The molecule has 2 unspecified atom stereocenters. The van der Waals surface area contributed by atoms with Crippen molar-refractivity contribution in [3.05, 3.63) is 29.3 Å². The molecule has 1 aromatic carbocycles. The molecule has 1 aromatic rings. The number of nitrogens with one attached hydrogen (secondary N) is 2. The SMILES string of the molecule is CNC(=O)NC(=O)C(C)Oc1cc(C)ccc1C(C)O. The van der Waals surface area contributed by atoms with E-state index in [-0.39, 0.29) is 0 Å². The first-order chi connectivity index (χ1) is 9.35. The summed E-state index contributed by atoms with van der Waals surface area (Å²) in [6, 6.07) is 4.75. The van der Waals surface area contributed by atoms with Gasteiger partial charge in [-0.1, -0.05) is 12.1 Å². The highest BCUT2D eigenvalue weighted by atomic mass is 16.5. The number of aliphatic hydroxyl groups excluding tert-OH is 1. The van der Waals surface area contributed by atoms with Gasteiger partial charge in [-0.25, -0.2) is 4.79 Å². The Morgan fingerprint density at radius 1 is 1.30 bits per heavy atom. The quantitative estimate of drug-likeness (QED) is 0.775. The number of benzene rings is 1. The zero-order chi connectivity index (χ0) is 15.3. The average Bonchev–Trinajstić information content (AvgIpc) is 2.38. The van der Waals surface area contributed by atoms with Crippen LogP contribution in [0.5, 0.6) is 5.75 Å². The van der Waals surface area contributed by atoms with Crippen molar-refractivity contribution >= 4 is 11.9 Å². The first kappa shape index (κ1) is 16.0. The van der Waals surface area contributed by atoms with E-state index in [2.05, 4.69) is 10.6 Å². The van der Waals surface area contributed by atoms with Crippen LogP contribution >= 0.6 is 0 Å². The summed E-state index contributed by atoms with van der Waals surface area (Å²) in [4.78, 5) is 22.8. The van der Waals surface area contributed by atoms with Gasteiger partial charge in [0.1, 0.15) is 5.75 Å². The van der Waals surface area contributed by atoms with Crippen LogP contribution in [-0.4, -0.2) is 30.2 Å². The monoisotopic (exact) mass is 280 g/mol. The number of aryl methyl sites for hydroxylation is 1. The van der Waals surface area contributed by atoms with Gasteiger partial charge >= 0.3 is 6.03 Å². The van der Waals surface area contributed by atoms with E-state index in [0.717, 1.165) is 5.56 Å². The third kappa shape index (κ3) is 4.24. The van der Waals surface area contributed by atoms with E-state index in [1.54, 1.807) is 19.1 Å². The first-order valence-electron chi connectivity index (χ1n) is 6.33. The van der Waals surface area contributed by atoms with Crippen LogP contribution in [0, 0.1) is 6.92 Å². The zero-order valence-corrected chi connectivity index (χ0v) is 12.1. The molecule has 0 saturated carbocycles. The Labute approximate surface area is 118 Å². The van der Waals surface area contributed by atoms with Gasteiger partial charge in [0.15, 0.2) is 6.10 Å². The van der Waals surface area contributed by atoms with Crippen molar-refractivity contribution in [2.45, 2.75) is 33.0 Å². The lowest BCUT2D eigenvalue weighted by atomic mass is 10.1. The second kappa shape index (κ2) is 6.91. The molecule has 0 spiro atoms. The van der Waals surface area contributed by atoms with Gasteiger partial charge in [0, 0.05) is 12.6 Å². The van der Waals surface area contributed by atoms with E-state index >= 15 is 0 Å². The molecular formula is C14H20N2O4. The predicted octanol–water partition coefficient (Wildman–Crippen LogP) is 1.27. The van der Waals surface area contributed by atoms with Crippen LogP contribution in [0.1, 0.15) is 31.1 Å². The van der Waals surface area contributed by atoms with Crippen LogP contribution in [0.15, 0.2) is 18.2 Å². The molecule has 3 N–H and O–H groups in total. The van der Waals surface area contributed by atoms with E-state index in [0.29, 0.717) is 11.3 Å². The first-order valence-corrected chi connectivity index (χ1v) is 6.33. The average molecular weight is 280 g/mol. The standard InChI is InChI=1S/C14H20N2O4/c1-8-5-6-11(9(2)17)12(7-8)20-10(3)13(18)16-14(19)15-4/h5-7,9-10,17H,1-4H3,(H2,15,16,18,19). The zero-order valence-electron chi connectivity index (χ0n) is 12.1. The Balaban J connectivity index is 2.84. The number of aliphatic hydroxyl groups is 1. The van der Waals surface area contributed by atoms with Gasteiger partial charge in [0.25, 0.3) is 5.91 Å². The minimum Gasteiger partial charge on any atom is -0.480 e. The number of amides is 3. The summed E-state index contributed by atoms with van der Waals surface area (Å²) in [5.41, 5.74) is 1.54. The van der Waals surface area contributed by atoms with Gasteiger partial charge in [0.05, 0.1) is 6.10 Å². The molecular weight excluding hydrogens is 260 g/mol. The predicted molar refractivity (Wildman–Crippen MR) is 74.5 cm³/mol. The fourth-order valence-corrected chi connectivity index (χ4v) is 1.61. The van der Waals surface area contributed by atoms with Gasteiger partial charge in [-0.05, 0) is 32.4 Å². The Bertz CT molecular complexity index is 500. The van der Waals surface area contributed by atoms with Crippen LogP contribution in [0.3, 0.4) is 0 Å². The maximum absolute atomic E-state index is 11.7. The maximum Gasteiger partial charge on any atom is 0.321 e. The van der Waals surface area contributed by atoms with Crippen LogP contribution in [0.4, 0.5) is 4.79 Å². The molecule has 0 aliphatic rings. The minimum atomic E-state index is -0.855. The highest BCUT2D eigenvalue weighted by Crippen LogP contribution is 2.27. The molecule has 0 fully saturated rings. The van der Waals surface area contributed by atoms with Crippen molar-refractivity contribution in [2.75, 3.05) is 7.05 Å². The maximum atomic E-state index is 11.7. The lowest BCUT2D eigenvalue weighted by molar-refractivity contribution is -0.126. The van der Waals surface area contributed by atoms with E-state index in [1.807, 2.05) is 13.0 Å². The van der Waals surface area contributed by atoms with E-state index < -0.39 is 24.1 Å². The van der Waals surface area contributed by atoms with Crippen LogP contribution in [-0.2, 0) is 4.79 Å². The molecule has 6 heteroatoms. The molecule has 0 heterocycles. The van der Waals surface area contributed by atoms with Gasteiger partial charge < -0.3 is 15.2 Å². The lowest BCUT2D eigenvalue weighted by Gasteiger charge is -2.18. The molecule has 0 radical (unpaired) electrons. The molecule has 0 saturated heterocycles. The summed E-state index contributed by atoms with van der Waals surface area (Å²) in [6.07, 6.45) is -1.56. The Hall–Kier alpha value is -2.08. The second-order valence-electron chi connectivity index (χ2n) is 4.55. The van der Waals surface area contributed by atoms with Crippen molar-refractivity contribution in [1.82, 2.24) is 10.6 Å². The third-order valence-electron chi connectivity index (χ3n) is 2.76. The molecule has 0 aliphatic heterocycles. The van der Waals surface area contributed by atoms with E-state index in [4.69, 9.17) is 4.74 Å². The highest BCUT2D eigenvalue weighted by molar-refractivity contribution is 5.96. The van der Waals surface area contributed by atoms with Gasteiger partial charge in [-0.15, -0.1) is 0 Å². The Morgan fingerprint density at radius 2 is 1.95 bits per heavy atom. The number of ether oxygens (including phenoxy) is 1. The number of hydrogen-bond acceptors (Lipinski definition) is 4. The Morgan fingerprint density at radius 3 is 2.50 bits per heavy atom. The van der Waals surface area contributed by atoms with Crippen molar-refractivity contribution in [1.29, 1.82) is 0 Å². The van der Waals surface area contributed by atoms with Crippen molar-refractivity contribution in [3.63, 3.8) is 0 Å². The highest BCUT2D eigenvalue weighted by Gasteiger charge is 2.19. The number of urea groups is 1. The van der Waals surface area contributed by atoms with E-state index in [9.17, 15) is 14.7 Å². The minimum absolute atomic E-state index is 0.430. The van der Waals surface area contributed by atoms with Crippen LogP contribution < -0.4 is 15.4 Å². The van der Waals surface area contributed by atoms with Crippen molar-refractivity contribution < 1.29 is 19.4 Å². The molecule has 0 aromatic heterocycles. The third-order valence-corrected chi connectivity index (χ3v) is 2.76. The summed E-state index contributed by atoms with van der Waals surface area (Å²) in [7, 11) is 1.42. The van der Waals surface area contributed by atoms with Crippen molar-refractivity contribution in [2.24, 2.45) is 0 Å². The molecule has 0 bridgehead atoms. The molecule has 110 valence electrons. The van der Waals surface area contributed by atoms with Gasteiger partial charge in [-0.2, -0.15) is 0 Å². The second-order valence-corrected chi connectivity index (χ2v) is 4.55. The largest absolute Gasteiger partial charge is 0.480 e. The number of carbonyl (C=O) groups is 2. The summed E-state index contributed by atoms with van der Waals surface area (Å²) in [6.45, 7) is 5.03. The fraction of sp³-hybridized carbons (Fsp3) is 0.429. The van der Waals surface area contributed by atoms with Gasteiger partial charge in [-0.3, -0.25) is 10.1 Å². The van der Waals surface area contributed by atoms with Gasteiger partial charge in [0.2, 0.25) is 0 Å². The molecule has 3 amide bonds. The lowest BCUT2D eigenvalue weighted by Crippen LogP contribution is -2.44. The summed E-state index contributed by atoms with van der Waals surface area (Å²) in [5.74, 6) is -0.123. The van der Waals surface area contributed by atoms with E-state index in [1.165, 1.54) is 14.0 Å². The van der Waals surface area contributed by atoms with Crippen LogP contribution in [0.25, 0.3) is 0 Å². The fourth-order valence-electron chi connectivity index (χ4n) is 1.61. The molecule has 6 nitrogen and oxygen atoms in total. The van der Waals surface area contributed by atoms with Crippen LogP contribution in [0.2, 0.25) is 0 Å². The summed E-state index contributed by atoms with van der Waals surface area (Å²) in [5, 5.41) is 14.1. The smallest absolute Gasteiger partial charge is 0.321 e. The topological polar surface area (TPSA) is 87.7 Å². The number of rotatable bonds is 4. The number of imide groups is 1. The number of carbonyl (C=O) groups excluding carboxylic acids is 2. The normalized spacial score (nSPS) is 13.2. The molecule has 1 rings (SSSR count). The summed E-state index contributed by atoms with van der Waals surface area (Å²) >= 11 is 0. The Kier molecular flexibility index (Phi) is 5.52. The molecule has 2 atom stereocenters. The summed E-state index contributed by atoms with van der Waals surface area (Å²) < 4.78 is 5.54.